The summed E-state index contributed by atoms with van der Waals surface area (Å²) < 4.78 is 4.65. The minimum atomic E-state index is -0.343. The second-order valence-corrected chi connectivity index (χ2v) is 2.92. The van der Waals surface area contributed by atoms with E-state index in [9.17, 15) is 4.79 Å². The first-order valence-corrected chi connectivity index (χ1v) is 4.45. The van der Waals surface area contributed by atoms with Gasteiger partial charge in [0.05, 0.1) is 12.0 Å². The summed E-state index contributed by atoms with van der Waals surface area (Å²) in [5.74, 6) is 0. The molecule has 0 aromatic heterocycles. The van der Waals surface area contributed by atoms with Crippen molar-refractivity contribution in [3.8, 4) is 0 Å². The predicted octanol–water partition coefficient (Wildman–Crippen LogP) is 1.44. The predicted molar refractivity (Wildman–Crippen MR) is 43.1 cm³/mol. The maximum atomic E-state index is 10.7. The van der Waals surface area contributed by atoms with Crippen LogP contribution in [0.4, 0.5) is 4.79 Å². The number of rotatable bonds is 3. The Morgan fingerprint density at radius 1 is 1.80 bits per heavy atom. The number of ether oxygens (including phenoxy) is 1. The van der Waals surface area contributed by atoms with Gasteiger partial charge < -0.3 is 10.1 Å². The molecule has 4 heteroatoms. The van der Waals surface area contributed by atoms with Crippen molar-refractivity contribution in [2.75, 3.05) is 12.9 Å². The molecule has 0 aliphatic heterocycles. The van der Waals surface area contributed by atoms with Crippen molar-refractivity contribution in [2.24, 2.45) is 0 Å². The van der Waals surface area contributed by atoms with Crippen LogP contribution >= 0.6 is 11.8 Å². The van der Waals surface area contributed by atoms with Crippen LogP contribution in [0, 0.1) is 0 Å². The zero-order valence-electron chi connectivity index (χ0n) is 6.51. The molecule has 0 rings (SSSR count). The highest BCUT2D eigenvalue weighted by molar-refractivity contribution is 7.99. The fourth-order valence-corrected chi connectivity index (χ4v) is 0.612. The fourth-order valence-electron chi connectivity index (χ4n) is 0.398. The zero-order chi connectivity index (χ0) is 7.98. The van der Waals surface area contributed by atoms with Gasteiger partial charge in [0.25, 0.3) is 0 Å². The van der Waals surface area contributed by atoms with Crippen molar-refractivity contribution in [1.82, 2.24) is 5.32 Å². The third kappa shape index (κ3) is 4.49. The smallest absolute Gasteiger partial charge is 0.407 e. The van der Waals surface area contributed by atoms with E-state index in [0.717, 1.165) is 0 Å². The Morgan fingerprint density at radius 2 is 2.40 bits per heavy atom. The van der Waals surface area contributed by atoms with Gasteiger partial charge in [0, 0.05) is 0 Å². The molecule has 0 aliphatic rings. The quantitative estimate of drug-likeness (QED) is 0.640. The molecule has 0 bridgehead atoms. The largest absolute Gasteiger partial charge is 0.450 e. The summed E-state index contributed by atoms with van der Waals surface area (Å²) in [6.45, 7) is 4.11. The number of amides is 1. The number of nitrogens with one attached hydrogen (secondary N) is 1. The van der Waals surface area contributed by atoms with Crippen LogP contribution in [0.3, 0.4) is 0 Å². The minimum Gasteiger partial charge on any atom is -0.450 e. The molecule has 0 radical (unpaired) electrons. The van der Waals surface area contributed by atoms with Crippen molar-refractivity contribution in [3.05, 3.63) is 0 Å². The highest BCUT2D eigenvalue weighted by atomic mass is 32.2. The van der Waals surface area contributed by atoms with Crippen LogP contribution in [0.1, 0.15) is 13.8 Å². The fraction of sp³-hybridized carbons (Fsp3) is 0.833. The Kier molecular flexibility index (Phi) is 5.20. The lowest BCUT2D eigenvalue weighted by molar-refractivity contribution is 0.152. The van der Waals surface area contributed by atoms with Crippen molar-refractivity contribution >= 4 is 17.9 Å². The summed E-state index contributed by atoms with van der Waals surface area (Å²) in [6, 6.07) is 0. The zero-order valence-corrected chi connectivity index (χ0v) is 7.33. The van der Waals surface area contributed by atoms with E-state index < -0.39 is 0 Å². The minimum absolute atomic E-state index is 0.124. The van der Waals surface area contributed by atoms with Gasteiger partial charge in [0.15, 0.2) is 0 Å². The second kappa shape index (κ2) is 5.41. The molecule has 0 heterocycles. The third-order valence-corrected chi connectivity index (χ3v) is 1.78. The van der Waals surface area contributed by atoms with Gasteiger partial charge in [-0.15, -0.1) is 11.8 Å². The molecular weight excluding hydrogens is 150 g/mol. The molecule has 3 nitrogen and oxygen atoms in total. The molecule has 1 unspecified atom stereocenters. The van der Waals surface area contributed by atoms with Crippen LogP contribution in [-0.4, -0.2) is 24.3 Å². The van der Waals surface area contributed by atoms with Gasteiger partial charge in [-0.25, -0.2) is 4.79 Å². The third-order valence-electron chi connectivity index (χ3n) is 0.950. The Hall–Kier alpha value is -0.380. The van der Waals surface area contributed by atoms with E-state index in [0.29, 0.717) is 6.61 Å². The summed E-state index contributed by atoms with van der Waals surface area (Å²) in [4.78, 5) is 10.7. The number of hydrogen-bond acceptors (Lipinski definition) is 3. The molecule has 1 N–H and O–H groups in total. The molecule has 0 aromatic rings. The van der Waals surface area contributed by atoms with E-state index in [2.05, 4.69) is 10.1 Å². The van der Waals surface area contributed by atoms with E-state index >= 15 is 0 Å². The molecule has 0 saturated carbocycles. The molecule has 1 atom stereocenters. The molecule has 0 saturated heterocycles. The number of alkyl carbamates (subject to hydrolysis) is 1. The second-order valence-electron chi connectivity index (χ2n) is 1.74. The number of carbonyl (C=O) groups excluding carboxylic acids is 1. The van der Waals surface area contributed by atoms with Crippen LogP contribution in [0.25, 0.3) is 0 Å². The van der Waals surface area contributed by atoms with E-state index in [4.69, 9.17) is 0 Å². The van der Waals surface area contributed by atoms with Crippen LogP contribution in [0.5, 0.6) is 0 Å². The summed E-state index contributed by atoms with van der Waals surface area (Å²) in [5.41, 5.74) is 0. The first kappa shape index (κ1) is 9.62. The molecule has 60 valence electrons. The topological polar surface area (TPSA) is 38.3 Å². The number of thioether (sulfide) groups is 1. The van der Waals surface area contributed by atoms with Gasteiger partial charge in [-0.3, -0.25) is 0 Å². The summed E-state index contributed by atoms with van der Waals surface area (Å²) in [7, 11) is 0. The molecule has 10 heavy (non-hydrogen) atoms. The lowest BCUT2D eigenvalue weighted by Gasteiger charge is -2.09. The number of carbonyl (C=O) groups is 1. The van der Waals surface area contributed by atoms with Gasteiger partial charge in [-0.1, -0.05) is 0 Å². The summed E-state index contributed by atoms with van der Waals surface area (Å²) in [6.07, 6.45) is 1.58. The van der Waals surface area contributed by atoms with Gasteiger partial charge >= 0.3 is 6.09 Å². The Balaban J connectivity index is 3.37. The van der Waals surface area contributed by atoms with Crippen LogP contribution < -0.4 is 5.32 Å². The molecular formula is C6H13NO2S. The molecule has 0 aromatic carbocycles. The maximum absolute atomic E-state index is 10.7. The monoisotopic (exact) mass is 163 g/mol. The van der Waals surface area contributed by atoms with Crippen LogP contribution in [0.2, 0.25) is 0 Å². The maximum Gasteiger partial charge on any atom is 0.407 e. The molecule has 1 amide bonds. The highest BCUT2D eigenvalue weighted by Crippen LogP contribution is 1.99. The average molecular weight is 163 g/mol. The summed E-state index contributed by atoms with van der Waals surface area (Å²) in [5, 5.41) is 2.76. The summed E-state index contributed by atoms with van der Waals surface area (Å²) >= 11 is 1.57. The van der Waals surface area contributed by atoms with Crippen LogP contribution in [0.15, 0.2) is 0 Å². The normalized spacial score (nSPS) is 12.3. The van der Waals surface area contributed by atoms with E-state index in [1.807, 2.05) is 13.2 Å². The first-order chi connectivity index (χ1) is 4.70. The number of hydrogen-bond donors (Lipinski definition) is 1. The van der Waals surface area contributed by atoms with Crippen molar-refractivity contribution in [3.63, 3.8) is 0 Å². The molecule has 0 fully saturated rings. The Bertz CT molecular complexity index is 108. The SMILES string of the molecule is CCOC(=O)NC(C)SC. The van der Waals surface area contributed by atoms with Gasteiger partial charge in [-0.2, -0.15) is 0 Å². The van der Waals surface area contributed by atoms with E-state index in [1.165, 1.54) is 0 Å². The molecule has 0 spiro atoms. The Labute approximate surface area is 65.5 Å². The van der Waals surface area contributed by atoms with Gasteiger partial charge in [0.1, 0.15) is 0 Å². The van der Waals surface area contributed by atoms with Crippen molar-refractivity contribution in [2.45, 2.75) is 19.2 Å². The highest BCUT2D eigenvalue weighted by Gasteiger charge is 2.03. The lowest BCUT2D eigenvalue weighted by atomic mass is 10.7. The van der Waals surface area contributed by atoms with Crippen molar-refractivity contribution in [1.29, 1.82) is 0 Å². The average Bonchev–Trinajstić information content (AvgIpc) is 1.88. The van der Waals surface area contributed by atoms with E-state index in [1.54, 1.807) is 18.7 Å². The van der Waals surface area contributed by atoms with Crippen LogP contribution in [-0.2, 0) is 4.74 Å². The standard InChI is InChI=1S/C6H13NO2S/c1-4-9-6(8)7-5(2)10-3/h5H,4H2,1-3H3,(H,7,8). The van der Waals surface area contributed by atoms with E-state index in [-0.39, 0.29) is 11.5 Å². The van der Waals surface area contributed by atoms with Crippen molar-refractivity contribution < 1.29 is 9.53 Å². The first-order valence-electron chi connectivity index (χ1n) is 3.16. The lowest BCUT2D eigenvalue weighted by Crippen LogP contribution is -2.30. The Morgan fingerprint density at radius 3 is 2.80 bits per heavy atom. The molecule has 0 aliphatic carbocycles. The van der Waals surface area contributed by atoms with Gasteiger partial charge in [0.2, 0.25) is 0 Å². The van der Waals surface area contributed by atoms with Gasteiger partial charge in [-0.05, 0) is 20.1 Å².